The monoisotopic (exact) mass is 299 g/mol. The molecule has 0 aromatic heterocycles. The summed E-state index contributed by atoms with van der Waals surface area (Å²) in [5.41, 5.74) is 2.28. The molecular weight excluding hydrogens is 282 g/mol. The first-order valence-electron chi connectivity index (χ1n) is 5.51. The Balaban J connectivity index is 2.56. The van der Waals surface area contributed by atoms with E-state index in [1.807, 2.05) is 26.0 Å². The van der Waals surface area contributed by atoms with Gasteiger partial charge in [-0.2, -0.15) is 0 Å². The van der Waals surface area contributed by atoms with Crippen LogP contribution in [0.15, 0.2) is 16.6 Å². The van der Waals surface area contributed by atoms with E-state index in [1.165, 1.54) is 0 Å². The first-order valence-corrected chi connectivity index (χ1v) is 6.31. The molecule has 94 valence electrons. The molecule has 0 saturated heterocycles. The Hall–Kier alpha value is -1.03. The van der Waals surface area contributed by atoms with Gasteiger partial charge in [-0.15, -0.1) is 0 Å². The topological polar surface area (TPSA) is 29.5 Å². The first kappa shape index (κ1) is 14.0. The summed E-state index contributed by atoms with van der Waals surface area (Å²) < 4.78 is 6.68. The summed E-state index contributed by atoms with van der Waals surface area (Å²) in [6.45, 7) is 4.46. The Morgan fingerprint density at radius 2 is 1.82 bits per heavy atom. The Kier molecular flexibility index (Phi) is 5.00. The molecule has 0 aliphatic rings. The van der Waals surface area contributed by atoms with Crippen LogP contribution in [0.5, 0.6) is 5.75 Å². The lowest BCUT2D eigenvalue weighted by Crippen LogP contribution is -2.23. The molecule has 17 heavy (non-hydrogen) atoms. The molecule has 4 heteroatoms. The second kappa shape index (κ2) is 6.05. The molecule has 0 bridgehead atoms. The van der Waals surface area contributed by atoms with E-state index in [9.17, 15) is 4.79 Å². The predicted molar refractivity (Wildman–Crippen MR) is 72.4 cm³/mol. The third kappa shape index (κ3) is 4.04. The van der Waals surface area contributed by atoms with Crippen molar-refractivity contribution >= 4 is 21.8 Å². The molecule has 1 rings (SSSR count). The molecule has 0 fully saturated rings. The highest BCUT2D eigenvalue weighted by atomic mass is 79.9. The molecule has 0 unspecified atom stereocenters. The summed E-state index contributed by atoms with van der Waals surface area (Å²) in [6, 6.07) is 3.94. The van der Waals surface area contributed by atoms with Gasteiger partial charge in [0.2, 0.25) is 5.91 Å². The van der Waals surface area contributed by atoms with Gasteiger partial charge in [0.15, 0.2) is 0 Å². The van der Waals surface area contributed by atoms with E-state index in [2.05, 4.69) is 15.9 Å². The van der Waals surface area contributed by atoms with Crippen LogP contribution in [0.25, 0.3) is 0 Å². The van der Waals surface area contributed by atoms with Crippen LogP contribution >= 0.6 is 15.9 Å². The number of halogens is 1. The Bertz CT molecular complexity index is 393. The fourth-order valence-electron chi connectivity index (χ4n) is 1.47. The normalized spacial score (nSPS) is 10.2. The van der Waals surface area contributed by atoms with Gasteiger partial charge in [0.25, 0.3) is 0 Å². The van der Waals surface area contributed by atoms with Gasteiger partial charge in [0.05, 0.1) is 13.0 Å². The number of amides is 1. The Labute approximate surface area is 111 Å². The van der Waals surface area contributed by atoms with Crippen LogP contribution in [-0.2, 0) is 4.79 Å². The lowest BCUT2D eigenvalue weighted by molar-refractivity contribution is -0.129. The highest BCUT2D eigenvalue weighted by Gasteiger charge is 2.06. The average molecular weight is 300 g/mol. The minimum atomic E-state index is 0.0792. The lowest BCUT2D eigenvalue weighted by atomic mass is 10.1. The number of benzene rings is 1. The zero-order valence-corrected chi connectivity index (χ0v) is 12.3. The minimum absolute atomic E-state index is 0.0792. The number of ether oxygens (including phenoxy) is 1. The van der Waals surface area contributed by atoms with Crippen LogP contribution in [-0.4, -0.2) is 31.5 Å². The zero-order chi connectivity index (χ0) is 13.0. The third-order valence-electron chi connectivity index (χ3n) is 2.49. The van der Waals surface area contributed by atoms with Crippen molar-refractivity contribution in [1.29, 1.82) is 0 Å². The molecule has 0 N–H and O–H groups in total. The van der Waals surface area contributed by atoms with Gasteiger partial charge < -0.3 is 9.64 Å². The highest BCUT2D eigenvalue weighted by molar-refractivity contribution is 9.10. The standard InChI is InChI=1S/C13H18BrNO2/c1-9-7-11(8-10(2)13(9)14)17-6-5-12(16)15(3)4/h7-8H,5-6H2,1-4H3. The molecule has 0 aliphatic heterocycles. The number of rotatable bonds is 4. The largest absolute Gasteiger partial charge is 0.493 e. The molecule has 0 aliphatic carbocycles. The molecule has 0 spiro atoms. The minimum Gasteiger partial charge on any atom is -0.493 e. The van der Waals surface area contributed by atoms with Crippen molar-refractivity contribution < 1.29 is 9.53 Å². The second-order valence-corrected chi connectivity index (χ2v) is 5.05. The molecule has 1 aromatic carbocycles. The van der Waals surface area contributed by atoms with Crippen molar-refractivity contribution in [3.05, 3.63) is 27.7 Å². The van der Waals surface area contributed by atoms with Crippen molar-refractivity contribution in [3.8, 4) is 5.75 Å². The zero-order valence-electron chi connectivity index (χ0n) is 10.7. The summed E-state index contributed by atoms with van der Waals surface area (Å²) in [5.74, 6) is 0.894. The van der Waals surface area contributed by atoms with Crippen molar-refractivity contribution in [2.24, 2.45) is 0 Å². The Morgan fingerprint density at radius 3 is 2.29 bits per heavy atom. The summed E-state index contributed by atoms with van der Waals surface area (Å²) in [4.78, 5) is 12.9. The van der Waals surface area contributed by atoms with E-state index in [4.69, 9.17) is 4.74 Å². The van der Waals surface area contributed by atoms with E-state index in [0.29, 0.717) is 13.0 Å². The van der Waals surface area contributed by atoms with E-state index < -0.39 is 0 Å². The van der Waals surface area contributed by atoms with Crippen molar-refractivity contribution in [1.82, 2.24) is 4.90 Å². The van der Waals surface area contributed by atoms with E-state index in [-0.39, 0.29) is 5.91 Å². The second-order valence-electron chi connectivity index (χ2n) is 4.26. The third-order valence-corrected chi connectivity index (χ3v) is 3.74. The number of hydrogen-bond acceptors (Lipinski definition) is 2. The molecule has 1 aromatic rings. The smallest absolute Gasteiger partial charge is 0.225 e. The molecule has 3 nitrogen and oxygen atoms in total. The molecule has 0 saturated carbocycles. The van der Waals surface area contributed by atoms with Crippen LogP contribution in [0.3, 0.4) is 0 Å². The number of hydrogen-bond donors (Lipinski definition) is 0. The van der Waals surface area contributed by atoms with Gasteiger partial charge in [0, 0.05) is 18.6 Å². The fourth-order valence-corrected chi connectivity index (χ4v) is 1.70. The number of nitrogens with zero attached hydrogens (tertiary/aromatic N) is 1. The summed E-state index contributed by atoms with van der Waals surface area (Å²) >= 11 is 3.51. The maximum Gasteiger partial charge on any atom is 0.225 e. The average Bonchev–Trinajstić information content (AvgIpc) is 2.25. The van der Waals surface area contributed by atoms with Crippen LogP contribution in [0.1, 0.15) is 17.5 Å². The molecular formula is C13H18BrNO2. The maximum absolute atomic E-state index is 11.4. The number of aryl methyl sites for hydroxylation is 2. The van der Waals surface area contributed by atoms with Crippen molar-refractivity contribution in [3.63, 3.8) is 0 Å². The maximum atomic E-state index is 11.4. The fraction of sp³-hybridized carbons (Fsp3) is 0.462. The number of carbonyl (C=O) groups excluding carboxylic acids is 1. The molecule has 0 radical (unpaired) electrons. The summed E-state index contributed by atoms with van der Waals surface area (Å²) in [7, 11) is 3.49. The first-order chi connectivity index (χ1) is 7.91. The quantitative estimate of drug-likeness (QED) is 0.855. The number of carbonyl (C=O) groups is 1. The van der Waals surface area contributed by atoms with Crippen LogP contribution < -0.4 is 4.74 Å². The van der Waals surface area contributed by atoms with Crippen LogP contribution in [0, 0.1) is 13.8 Å². The van der Waals surface area contributed by atoms with E-state index in [0.717, 1.165) is 21.3 Å². The van der Waals surface area contributed by atoms with Gasteiger partial charge in [0.1, 0.15) is 5.75 Å². The van der Waals surface area contributed by atoms with Crippen molar-refractivity contribution in [2.75, 3.05) is 20.7 Å². The van der Waals surface area contributed by atoms with E-state index in [1.54, 1.807) is 19.0 Å². The van der Waals surface area contributed by atoms with Gasteiger partial charge in [-0.05, 0) is 37.1 Å². The SMILES string of the molecule is Cc1cc(OCCC(=O)N(C)C)cc(C)c1Br. The molecule has 0 heterocycles. The van der Waals surface area contributed by atoms with Gasteiger partial charge in [-0.25, -0.2) is 0 Å². The molecule has 1 amide bonds. The van der Waals surface area contributed by atoms with Gasteiger partial charge in [-0.1, -0.05) is 15.9 Å². The summed E-state index contributed by atoms with van der Waals surface area (Å²) in [5, 5.41) is 0. The van der Waals surface area contributed by atoms with Crippen molar-refractivity contribution in [2.45, 2.75) is 20.3 Å². The van der Waals surface area contributed by atoms with Crippen LogP contribution in [0.2, 0.25) is 0 Å². The Morgan fingerprint density at radius 1 is 1.29 bits per heavy atom. The van der Waals surface area contributed by atoms with Gasteiger partial charge >= 0.3 is 0 Å². The molecule has 0 atom stereocenters. The van der Waals surface area contributed by atoms with Gasteiger partial charge in [-0.3, -0.25) is 4.79 Å². The lowest BCUT2D eigenvalue weighted by Gasteiger charge is -2.12. The highest BCUT2D eigenvalue weighted by Crippen LogP contribution is 2.26. The summed E-state index contributed by atoms with van der Waals surface area (Å²) in [6.07, 6.45) is 0.404. The van der Waals surface area contributed by atoms with Crippen LogP contribution in [0.4, 0.5) is 0 Å². The predicted octanol–water partition coefficient (Wildman–Crippen LogP) is 2.92. The van der Waals surface area contributed by atoms with E-state index >= 15 is 0 Å².